The molecule has 1 unspecified atom stereocenters. The number of para-hydroxylation sites is 1. The van der Waals surface area contributed by atoms with E-state index in [-0.39, 0.29) is 12.0 Å². The Kier molecular flexibility index (Phi) is 5.62. The first-order valence-corrected chi connectivity index (χ1v) is 10.1. The van der Waals surface area contributed by atoms with Crippen LogP contribution < -0.4 is 5.32 Å². The van der Waals surface area contributed by atoms with Gasteiger partial charge in [-0.1, -0.05) is 41.6 Å². The van der Waals surface area contributed by atoms with Gasteiger partial charge in [0.2, 0.25) is 0 Å². The minimum Gasteiger partial charge on any atom is -0.376 e. The molecule has 138 valence electrons. The Bertz CT molecular complexity index is 956. The van der Waals surface area contributed by atoms with E-state index in [0.29, 0.717) is 17.1 Å². The molecule has 4 rings (SSSR count). The van der Waals surface area contributed by atoms with E-state index in [1.54, 1.807) is 0 Å². The van der Waals surface area contributed by atoms with Crippen molar-refractivity contribution in [3.05, 3.63) is 65.2 Å². The average molecular weight is 399 g/mol. The molecular weight excluding hydrogens is 380 g/mol. The second kappa shape index (κ2) is 8.30. The van der Waals surface area contributed by atoms with Crippen molar-refractivity contribution in [2.24, 2.45) is 0 Å². The van der Waals surface area contributed by atoms with Crippen molar-refractivity contribution in [1.82, 2.24) is 10.3 Å². The third kappa shape index (κ3) is 4.43. The number of amides is 1. The van der Waals surface area contributed by atoms with Gasteiger partial charge in [-0.05, 0) is 49.2 Å². The zero-order valence-corrected chi connectivity index (χ0v) is 16.2. The number of hydrogen-bond donors (Lipinski definition) is 1. The molecule has 3 aromatic rings. The van der Waals surface area contributed by atoms with Crippen LogP contribution in [0.3, 0.4) is 0 Å². The van der Waals surface area contributed by atoms with E-state index in [9.17, 15) is 4.79 Å². The molecule has 2 aromatic carbocycles. The summed E-state index contributed by atoms with van der Waals surface area (Å²) in [7, 11) is 0. The fraction of sp³-hybridized carbons (Fsp3) is 0.238. The minimum atomic E-state index is -0.0953. The van der Waals surface area contributed by atoms with Gasteiger partial charge in [0.05, 0.1) is 17.2 Å². The summed E-state index contributed by atoms with van der Waals surface area (Å²) >= 11 is 7.47. The quantitative estimate of drug-likeness (QED) is 0.660. The van der Waals surface area contributed by atoms with Gasteiger partial charge >= 0.3 is 0 Å². The number of nitrogens with one attached hydrogen (secondary N) is 1. The molecule has 0 saturated carbocycles. The lowest BCUT2D eigenvalue weighted by molar-refractivity contribution is 0.0859. The van der Waals surface area contributed by atoms with E-state index < -0.39 is 0 Å². The summed E-state index contributed by atoms with van der Waals surface area (Å²) in [5.74, 6) is -0.0953. The second-order valence-corrected chi connectivity index (χ2v) is 7.96. The van der Waals surface area contributed by atoms with Crippen LogP contribution in [-0.4, -0.2) is 30.1 Å². The van der Waals surface area contributed by atoms with Crippen LogP contribution in [0.2, 0.25) is 5.02 Å². The molecule has 4 nitrogen and oxygen atoms in total. The zero-order chi connectivity index (χ0) is 18.6. The Morgan fingerprint density at radius 1 is 1.22 bits per heavy atom. The first kappa shape index (κ1) is 18.3. The smallest absolute Gasteiger partial charge is 0.252 e. The van der Waals surface area contributed by atoms with Gasteiger partial charge < -0.3 is 10.1 Å². The number of carbonyl (C=O) groups excluding carboxylic acids is 1. The lowest BCUT2D eigenvalue weighted by atomic mass is 10.1. The van der Waals surface area contributed by atoms with Crippen molar-refractivity contribution in [3.8, 4) is 0 Å². The molecule has 6 heteroatoms. The molecule has 1 amide bonds. The molecule has 0 radical (unpaired) electrons. The molecule has 1 aliphatic rings. The molecule has 2 heterocycles. The average Bonchev–Trinajstić information content (AvgIpc) is 3.21. The van der Waals surface area contributed by atoms with E-state index in [2.05, 4.69) is 5.32 Å². The Morgan fingerprint density at radius 3 is 2.81 bits per heavy atom. The van der Waals surface area contributed by atoms with Crippen LogP contribution in [0, 0.1) is 0 Å². The number of rotatable bonds is 5. The minimum absolute atomic E-state index is 0.0953. The van der Waals surface area contributed by atoms with Crippen LogP contribution in [0.25, 0.3) is 10.9 Å². The molecule has 1 atom stereocenters. The molecule has 0 spiro atoms. The van der Waals surface area contributed by atoms with E-state index >= 15 is 0 Å². The Labute approximate surface area is 167 Å². The molecule has 1 fully saturated rings. The highest BCUT2D eigenvalue weighted by molar-refractivity contribution is 7.99. The van der Waals surface area contributed by atoms with Crippen LogP contribution in [0.4, 0.5) is 0 Å². The molecule has 0 aliphatic carbocycles. The van der Waals surface area contributed by atoms with Crippen molar-refractivity contribution in [2.75, 3.05) is 13.2 Å². The first-order valence-electron chi connectivity index (χ1n) is 8.92. The maximum absolute atomic E-state index is 12.8. The zero-order valence-electron chi connectivity index (χ0n) is 14.7. The summed E-state index contributed by atoms with van der Waals surface area (Å²) in [4.78, 5) is 18.6. The molecule has 1 N–H and O–H groups in total. The van der Waals surface area contributed by atoms with Gasteiger partial charge in [0.25, 0.3) is 5.91 Å². The van der Waals surface area contributed by atoms with Gasteiger partial charge in [0.15, 0.2) is 0 Å². The van der Waals surface area contributed by atoms with Gasteiger partial charge in [-0.2, -0.15) is 0 Å². The van der Waals surface area contributed by atoms with Crippen molar-refractivity contribution >= 4 is 40.2 Å². The third-order valence-corrected chi connectivity index (χ3v) is 5.67. The summed E-state index contributed by atoms with van der Waals surface area (Å²) in [5, 5.41) is 5.33. The molecule has 0 bridgehead atoms. The van der Waals surface area contributed by atoms with E-state index in [1.807, 2.05) is 54.6 Å². The standard InChI is InChI=1S/C21H19ClN2O2S/c22-14-7-9-16(10-8-14)27-20-12-18(17-5-1-2-6-19(17)24-20)21(25)23-13-15-4-3-11-26-15/h1-2,5-10,12,15H,3-4,11,13H2,(H,23,25). The highest BCUT2D eigenvalue weighted by Crippen LogP contribution is 2.30. The van der Waals surface area contributed by atoms with Crippen LogP contribution in [0.1, 0.15) is 23.2 Å². The van der Waals surface area contributed by atoms with Gasteiger partial charge in [-0.25, -0.2) is 4.98 Å². The first-order chi connectivity index (χ1) is 13.2. The number of carbonyl (C=O) groups is 1. The summed E-state index contributed by atoms with van der Waals surface area (Å²) in [5.41, 5.74) is 1.44. The molecule has 1 saturated heterocycles. The maximum Gasteiger partial charge on any atom is 0.252 e. The van der Waals surface area contributed by atoms with Crippen molar-refractivity contribution in [1.29, 1.82) is 0 Å². The Hall–Kier alpha value is -2.08. The molecule has 1 aliphatic heterocycles. The lowest BCUT2D eigenvalue weighted by Crippen LogP contribution is -2.31. The van der Waals surface area contributed by atoms with Crippen LogP contribution in [0.5, 0.6) is 0 Å². The SMILES string of the molecule is O=C(NCC1CCCO1)c1cc(Sc2ccc(Cl)cc2)nc2ccccc12. The van der Waals surface area contributed by atoms with Crippen molar-refractivity contribution in [3.63, 3.8) is 0 Å². The van der Waals surface area contributed by atoms with Crippen LogP contribution >= 0.6 is 23.4 Å². The number of hydrogen-bond acceptors (Lipinski definition) is 4. The summed E-state index contributed by atoms with van der Waals surface area (Å²) in [6, 6.07) is 17.2. The number of benzene rings is 2. The van der Waals surface area contributed by atoms with Crippen molar-refractivity contribution < 1.29 is 9.53 Å². The summed E-state index contributed by atoms with van der Waals surface area (Å²) in [6.45, 7) is 1.32. The third-order valence-electron chi connectivity index (χ3n) is 4.49. The number of aromatic nitrogens is 1. The summed E-state index contributed by atoms with van der Waals surface area (Å²) < 4.78 is 5.60. The van der Waals surface area contributed by atoms with Crippen LogP contribution in [-0.2, 0) is 4.74 Å². The second-order valence-electron chi connectivity index (χ2n) is 6.43. The lowest BCUT2D eigenvalue weighted by Gasteiger charge is -2.13. The molecule has 27 heavy (non-hydrogen) atoms. The number of ether oxygens (including phenoxy) is 1. The van der Waals surface area contributed by atoms with E-state index in [4.69, 9.17) is 21.3 Å². The highest BCUT2D eigenvalue weighted by Gasteiger charge is 2.18. The Balaban J connectivity index is 1.61. The van der Waals surface area contributed by atoms with Gasteiger partial charge in [-0.3, -0.25) is 4.79 Å². The number of fused-ring (bicyclic) bond motifs is 1. The maximum atomic E-state index is 12.8. The van der Waals surface area contributed by atoms with Crippen LogP contribution in [0.15, 0.2) is 64.5 Å². The van der Waals surface area contributed by atoms with Gasteiger partial charge in [0.1, 0.15) is 5.03 Å². The highest BCUT2D eigenvalue weighted by atomic mass is 35.5. The molecular formula is C21H19ClN2O2S. The van der Waals surface area contributed by atoms with E-state index in [0.717, 1.165) is 40.3 Å². The fourth-order valence-corrected chi connectivity index (χ4v) is 4.08. The Morgan fingerprint density at radius 2 is 2.04 bits per heavy atom. The predicted octanol–water partition coefficient (Wildman–Crippen LogP) is 4.95. The predicted molar refractivity (Wildman–Crippen MR) is 109 cm³/mol. The summed E-state index contributed by atoms with van der Waals surface area (Å²) in [6.07, 6.45) is 2.17. The normalized spacial score (nSPS) is 16.6. The largest absolute Gasteiger partial charge is 0.376 e. The fourth-order valence-electron chi connectivity index (χ4n) is 3.12. The molecule has 1 aromatic heterocycles. The monoisotopic (exact) mass is 398 g/mol. The van der Waals surface area contributed by atoms with E-state index in [1.165, 1.54) is 11.8 Å². The number of pyridine rings is 1. The van der Waals surface area contributed by atoms with Gasteiger partial charge in [0, 0.05) is 28.5 Å². The number of nitrogens with zero attached hydrogens (tertiary/aromatic N) is 1. The topological polar surface area (TPSA) is 51.2 Å². The van der Waals surface area contributed by atoms with Crippen molar-refractivity contribution in [2.45, 2.75) is 28.9 Å². The van der Waals surface area contributed by atoms with Gasteiger partial charge in [-0.15, -0.1) is 0 Å². The number of halogens is 1.